The molecule has 25 heavy (non-hydrogen) atoms. The van der Waals surface area contributed by atoms with E-state index in [1.807, 2.05) is 55.4 Å². The SMILES string of the molecule is CN(C)c1cccc(C(=O)NCc2cccnc2OC2CCCC2)c1. The lowest BCUT2D eigenvalue weighted by Gasteiger charge is -2.16. The molecule has 2 aromatic rings. The van der Waals surface area contributed by atoms with Crippen LogP contribution in [0.25, 0.3) is 0 Å². The monoisotopic (exact) mass is 339 g/mol. The fourth-order valence-corrected chi connectivity index (χ4v) is 3.03. The van der Waals surface area contributed by atoms with Gasteiger partial charge in [-0.25, -0.2) is 4.98 Å². The molecule has 5 nitrogen and oxygen atoms in total. The molecule has 0 atom stereocenters. The minimum atomic E-state index is -0.0978. The molecule has 0 aliphatic heterocycles. The second-order valence-electron chi connectivity index (χ2n) is 6.62. The largest absolute Gasteiger partial charge is 0.474 e. The van der Waals surface area contributed by atoms with E-state index < -0.39 is 0 Å². The van der Waals surface area contributed by atoms with Crippen LogP contribution in [0.4, 0.5) is 5.69 Å². The zero-order valence-electron chi connectivity index (χ0n) is 14.9. The highest BCUT2D eigenvalue weighted by Crippen LogP contribution is 2.25. The number of amides is 1. The second kappa shape index (κ2) is 8.01. The van der Waals surface area contributed by atoms with Crippen molar-refractivity contribution in [2.45, 2.75) is 38.3 Å². The number of nitrogens with one attached hydrogen (secondary N) is 1. The molecule has 0 unspecified atom stereocenters. The van der Waals surface area contributed by atoms with Crippen LogP contribution in [0.2, 0.25) is 0 Å². The van der Waals surface area contributed by atoms with Crippen molar-refractivity contribution in [2.24, 2.45) is 0 Å². The predicted octanol–water partition coefficient (Wildman–Crippen LogP) is 3.40. The average molecular weight is 339 g/mol. The molecule has 1 heterocycles. The molecule has 1 aromatic carbocycles. The summed E-state index contributed by atoms with van der Waals surface area (Å²) >= 11 is 0. The molecular weight excluding hydrogens is 314 g/mol. The van der Waals surface area contributed by atoms with Gasteiger partial charge < -0.3 is 15.0 Å². The van der Waals surface area contributed by atoms with Crippen LogP contribution in [0.3, 0.4) is 0 Å². The number of ether oxygens (including phenoxy) is 1. The zero-order valence-corrected chi connectivity index (χ0v) is 14.9. The Morgan fingerprint density at radius 1 is 1.24 bits per heavy atom. The molecular formula is C20H25N3O2. The van der Waals surface area contributed by atoms with Crippen molar-refractivity contribution in [3.63, 3.8) is 0 Å². The van der Waals surface area contributed by atoms with Gasteiger partial charge in [-0.05, 0) is 49.9 Å². The van der Waals surface area contributed by atoms with Gasteiger partial charge in [-0.15, -0.1) is 0 Å². The lowest BCUT2D eigenvalue weighted by Crippen LogP contribution is -2.24. The lowest BCUT2D eigenvalue weighted by atomic mass is 10.1. The number of carbonyl (C=O) groups excluding carboxylic acids is 1. The van der Waals surface area contributed by atoms with Crippen LogP contribution in [-0.4, -0.2) is 31.1 Å². The number of aromatic nitrogens is 1. The Kier molecular flexibility index (Phi) is 5.53. The number of anilines is 1. The molecule has 132 valence electrons. The summed E-state index contributed by atoms with van der Waals surface area (Å²) in [6.45, 7) is 0.404. The molecule has 0 spiro atoms. The zero-order chi connectivity index (χ0) is 17.6. The highest BCUT2D eigenvalue weighted by atomic mass is 16.5. The van der Waals surface area contributed by atoms with Crippen LogP contribution in [0.1, 0.15) is 41.6 Å². The highest BCUT2D eigenvalue weighted by Gasteiger charge is 2.18. The van der Waals surface area contributed by atoms with Gasteiger partial charge >= 0.3 is 0 Å². The van der Waals surface area contributed by atoms with Crippen molar-refractivity contribution in [3.8, 4) is 5.88 Å². The van der Waals surface area contributed by atoms with E-state index in [1.165, 1.54) is 12.8 Å². The Labute approximate surface area is 149 Å². The van der Waals surface area contributed by atoms with Crippen LogP contribution in [0.15, 0.2) is 42.6 Å². The summed E-state index contributed by atoms with van der Waals surface area (Å²) in [7, 11) is 3.92. The van der Waals surface area contributed by atoms with Crippen molar-refractivity contribution >= 4 is 11.6 Å². The van der Waals surface area contributed by atoms with Gasteiger partial charge in [-0.3, -0.25) is 4.79 Å². The Morgan fingerprint density at radius 2 is 2.04 bits per heavy atom. The van der Waals surface area contributed by atoms with E-state index in [2.05, 4.69) is 10.3 Å². The molecule has 5 heteroatoms. The molecule has 1 amide bonds. The number of hydrogen-bond donors (Lipinski definition) is 1. The number of hydrogen-bond acceptors (Lipinski definition) is 4. The van der Waals surface area contributed by atoms with E-state index in [0.717, 1.165) is 24.1 Å². The first-order chi connectivity index (χ1) is 12.1. The maximum absolute atomic E-state index is 12.5. The first-order valence-electron chi connectivity index (χ1n) is 8.79. The van der Waals surface area contributed by atoms with Gasteiger partial charge in [-0.1, -0.05) is 12.1 Å². The number of rotatable bonds is 6. The predicted molar refractivity (Wildman–Crippen MR) is 99.1 cm³/mol. The third-order valence-electron chi connectivity index (χ3n) is 4.49. The van der Waals surface area contributed by atoms with E-state index in [4.69, 9.17) is 4.74 Å². The second-order valence-corrected chi connectivity index (χ2v) is 6.62. The van der Waals surface area contributed by atoms with Crippen LogP contribution in [-0.2, 0) is 6.54 Å². The number of pyridine rings is 1. The van der Waals surface area contributed by atoms with E-state index in [9.17, 15) is 4.79 Å². The van der Waals surface area contributed by atoms with Gasteiger partial charge in [0.2, 0.25) is 5.88 Å². The molecule has 3 rings (SSSR count). The van der Waals surface area contributed by atoms with Crippen LogP contribution < -0.4 is 15.0 Å². The van der Waals surface area contributed by atoms with E-state index in [0.29, 0.717) is 18.0 Å². The van der Waals surface area contributed by atoms with Gasteiger partial charge in [0.1, 0.15) is 6.10 Å². The molecule has 1 aromatic heterocycles. The van der Waals surface area contributed by atoms with Crippen LogP contribution >= 0.6 is 0 Å². The average Bonchev–Trinajstić information content (AvgIpc) is 3.14. The molecule has 1 aliphatic rings. The molecule has 0 radical (unpaired) electrons. The first-order valence-corrected chi connectivity index (χ1v) is 8.79. The fourth-order valence-electron chi connectivity index (χ4n) is 3.03. The summed E-state index contributed by atoms with van der Waals surface area (Å²) in [5, 5.41) is 2.97. The lowest BCUT2D eigenvalue weighted by molar-refractivity contribution is 0.0950. The van der Waals surface area contributed by atoms with E-state index >= 15 is 0 Å². The van der Waals surface area contributed by atoms with Crippen molar-refractivity contribution in [3.05, 3.63) is 53.7 Å². The Bertz CT molecular complexity index is 724. The summed E-state index contributed by atoms with van der Waals surface area (Å²) in [6.07, 6.45) is 6.58. The third-order valence-corrected chi connectivity index (χ3v) is 4.49. The van der Waals surface area contributed by atoms with Crippen molar-refractivity contribution in [2.75, 3.05) is 19.0 Å². The quantitative estimate of drug-likeness (QED) is 0.876. The van der Waals surface area contributed by atoms with Gasteiger partial charge in [-0.2, -0.15) is 0 Å². The third kappa shape index (κ3) is 4.50. The minimum absolute atomic E-state index is 0.0978. The number of nitrogens with zero attached hydrogens (tertiary/aromatic N) is 2. The van der Waals surface area contributed by atoms with Gasteiger partial charge in [0.05, 0.1) is 0 Å². The maximum atomic E-state index is 12.5. The Morgan fingerprint density at radius 3 is 2.80 bits per heavy atom. The van der Waals surface area contributed by atoms with E-state index in [1.54, 1.807) is 6.20 Å². The molecule has 0 saturated heterocycles. The first kappa shape index (κ1) is 17.3. The van der Waals surface area contributed by atoms with Crippen molar-refractivity contribution in [1.29, 1.82) is 0 Å². The van der Waals surface area contributed by atoms with E-state index in [-0.39, 0.29) is 12.0 Å². The number of carbonyl (C=O) groups is 1. The summed E-state index contributed by atoms with van der Waals surface area (Å²) in [6, 6.07) is 11.4. The smallest absolute Gasteiger partial charge is 0.251 e. The summed E-state index contributed by atoms with van der Waals surface area (Å²) in [5.74, 6) is 0.538. The van der Waals surface area contributed by atoms with Crippen LogP contribution in [0.5, 0.6) is 5.88 Å². The molecule has 1 aliphatic carbocycles. The maximum Gasteiger partial charge on any atom is 0.251 e. The molecule has 1 saturated carbocycles. The summed E-state index contributed by atoms with van der Waals surface area (Å²) in [4.78, 5) is 18.8. The summed E-state index contributed by atoms with van der Waals surface area (Å²) < 4.78 is 6.03. The topological polar surface area (TPSA) is 54.5 Å². The highest BCUT2D eigenvalue weighted by molar-refractivity contribution is 5.95. The standard InChI is InChI=1S/C20H25N3O2/c1-23(2)17-9-5-7-15(13-17)19(24)22-14-16-8-6-12-21-20(16)25-18-10-3-4-11-18/h5-9,12-13,18H,3-4,10-11,14H2,1-2H3,(H,22,24). The molecule has 0 bridgehead atoms. The minimum Gasteiger partial charge on any atom is -0.474 e. The molecule has 1 fully saturated rings. The molecule has 1 N–H and O–H groups in total. The normalized spacial score (nSPS) is 14.3. The van der Waals surface area contributed by atoms with Gasteiger partial charge in [0.25, 0.3) is 5.91 Å². The van der Waals surface area contributed by atoms with Gasteiger partial charge in [0.15, 0.2) is 0 Å². The van der Waals surface area contributed by atoms with Gasteiger partial charge in [0, 0.05) is 43.7 Å². The Hall–Kier alpha value is -2.56. The van der Waals surface area contributed by atoms with Crippen LogP contribution in [0, 0.1) is 0 Å². The summed E-state index contributed by atoms with van der Waals surface area (Å²) in [5.41, 5.74) is 2.55. The van der Waals surface area contributed by atoms with Crippen molar-refractivity contribution in [1.82, 2.24) is 10.3 Å². The number of benzene rings is 1. The fraction of sp³-hybridized carbons (Fsp3) is 0.400. The van der Waals surface area contributed by atoms with Crippen molar-refractivity contribution < 1.29 is 9.53 Å². The Balaban J connectivity index is 1.65.